The van der Waals surface area contributed by atoms with Crippen molar-refractivity contribution in [2.45, 2.75) is 45.4 Å². The summed E-state index contributed by atoms with van der Waals surface area (Å²) in [5, 5.41) is 8.85. The third-order valence-electron chi connectivity index (χ3n) is 2.85. The minimum atomic E-state index is -0.941. The maximum absolute atomic E-state index is 10.8. The minimum Gasteiger partial charge on any atom is -0.471 e. The summed E-state index contributed by atoms with van der Waals surface area (Å²) in [5.74, 6) is -0.808. The first-order valence-corrected chi connectivity index (χ1v) is 6.23. The highest BCUT2D eigenvalue weighted by Gasteiger charge is 2.30. The largest absolute Gasteiger partial charge is 0.471 e. The zero-order valence-corrected chi connectivity index (χ0v) is 10.1. The van der Waals surface area contributed by atoms with Crippen molar-refractivity contribution in [3.63, 3.8) is 0 Å². The molecule has 92 valence electrons. The lowest BCUT2D eigenvalue weighted by Gasteiger charge is -1.99. The number of carboxylic acid groups (broad SMARTS) is 1. The van der Waals surface area contributed by atoms with Gasteiger partial charge in [0.15, 0.2) is 13.2 Å². The fourth-order valence-corrected chi connectivity index (χ4v) is 1.94. The van der Waals surface area contributed by atoms with Gasteiger partial charge in [-0.2, -0.15) is 4.58 Å². The molecule has 0 fully saturated rings. The molecule has 0 bridgehead atoms. The molecule has 1 aliphatic heterocycles. The van der Waals surface area contributed by atoms with Crippen LogP contribution in [-0.2, 0) is 9.53 Å². The van der Waals surface area contributed by atoms with Gasteiger partial charge in [-0.15, -0.1) is 0 Å². The van der Waals surface area contributed by atoms with E-state index in [2.05, 4.69) is 6.92 Å². The van der Waals surface area contributed by atoms with Crippen molar-refractivity contribution < 1.29 is 19.2 Å². The average Bonchev–Trinajstić information content (AvgIpc) is 2.71. The third kappa shape index (κ3) is 4.21. The molecule has 0 spiro atoms. The summed E-state index contributed by atoms with van der Waals surface area (Å²) < 4.78 is 6.90. The second kappa shape index (κ2) is 7.25. The van der Waals surface area contributed by atoms with Crippen molar-refractivity contribution in [1.82, 2.24) is 0 Å². The van der Waals surface area contributed by atoms with Gasteiger partial charge in [-0.05, 0) is 6.42 Å². The zero-order chi connectivity index (χ0) is 11.8. The first-order valence-electron chi connectivity index (χ1n) is 6.23. The Bertz CT molecular complexity index is 261. The second-order valence-corrected chi connectivity index (χ2v) is 4.21. The zero-order valence-electron chi connectivity index (χ0n) is 10.1. The Labute approximate surface area is 96.9 Å². The molecule has 0 saturated carbocycles. The molecule has 4 heteroatoms. The lowest BCUT2D eigenvalue weighted by atomic mass is 10.1. The lowest BCUT2D eigenvalue weighted by Crippen LogP contribution is -2.24. The molecule has 0 atom stereocenters. The number of ether oxygens (including phenoxy) is 1. The summed E-state index contributed by atoms with van der Waals surface area (Å²) in [6.07, 6.45) is 7.36. The van der Waals surface area contributed by atoms with Crippen molar-refractivity contribution in [3.05, 3.63) is 0 Å². The molecule has 0 aliphatic carbocycles. The van der Waals surface area contributed by atoms with E-state index >= 15 is 0 Å². The molecule has 0 radical (unpaired) electrons. The summed E-state index contributed by atoms with van der Waals surface area (Å²) >= 11 is 0. The van der Waals surface area contributed by atoms with Crippen LogP contribution in [0, 0.1) is 0 Å². The van der Waals surface area contributed by atoms with Crippen LogP contribution in [-0.4, -0.2) is 41.2 Å². The van der Waals surface area contributed by atoms with E-state index < -0.39 is 5.97 Å². The lowest BCUT2D eigenvalue weighted by molar-refractivity contribution is -0.518. The molecule has 0 amide bonds. The second-order valence-electron chi connectivity index (χ2n) is 4.21. The molecule has 4 nitrogen and oxygen atoms in total. The van der Waals surface area contributed by atoms with Crippen LogP contribution in [0.5, 0.6) is 0 Å². The standard InChI is InChI=1S/C12H21NO3/c1-2-3-4-5-6-7-8-13-9-10-16-11(13)12(14)15/h2-10H2,1H3/p+1. The number of carboxylic acids is 1. The van der Waals surface area contributed by atoms with E-state index in [1.165, 1.54) is 32.1 Å². The van der Waals surface area contributed by atoms with E-state index in [-0.39, 0.29) is 5.90 Å². The first-order chi connectivity index (χ1) is 7.75. The number of nitrogens with zero attached hydrogens (tertiary/aromatic N) is 1. The molecular formula is C12H22NO3+. The van der Waals surface area contributed by atoms with Crippen LogP contribution in [0.25, 0.3) is 0 Å². The van der Waals surface area contributed by atoms with Gasteiger partial charge >= 0.3 is 11.9 Å². The van der Waals surface area contributed by atoms with Gasteiger partial charge < -0.3 is 9.84 Å². The van der Waals surface area contributed by atoms with Crippen LogP contribution in [0.3, 0.4) is 0 Å². The van der Waals surface area contributed by atoms with E-state index in [0.717, 1.165) is 19.5 Å². The van der Waals surface area contributed by atoms with Gasteiger partial charge in [0, 0.05) is 6.42 Å². The van der Waals surface area contributed by atoms with E-state index in [1.807, 2.05) is 4.58 Å². The molecule has 0 aromatic rings. The summed E-state index contributed by atoms with van der Waals surface area (Å²) in [6.45, 7) is 4.25. The van der Waals surface area contributed by atoms with Crippen LogP contribution < -0.4 is 0 Å². The van der Waals surface area contributed by atoms with Crippen molar-refractivity contribution in [2.24, 2.45) is 0 Å². The van der Waals surface area contributed by atoms with Gasteiger partial charge in [-0.1, -0.05) is 32.6 Å². The SMILES string of the molecule is CCCCCCCC[N+]1=C(C(=O)O)OCC1. The predicted molar refractivity (Wildman–Crippen MR) is 62.0 cm³/mol. The van der Waals surface area contributed by atoms with E-state index in [9.17, 15) is 4.79 Å². The van der Waals surface area contributed by atoms with Crippen LogP contribution in [0.4, 0.5) is 0 Å². The van der Waals surface area contributed by atoms with E-state index in [0.29, 0.717) is 6.61 Å². The Kier molecular flexibility index (Phi) is 5.90. The molecule has 0 unspecified atom stereocenters. The molecule has 0 aromatic heterocycles. The number of hydrogen-bond donors (Lipinski definition) is 1. The Morgan fingerprint density at radius 3 is 2.69 bits per heavy atom. The van der Waals surface area contributed by atoms with E-state index in [4.69, 9.17) is 9.84 Å². The fraction of sp³-hybridized carbons (Fsp3) is 0.833. The molecule has 1 rings (SSSR count). The molecule has 16 heavy (non-hydrogen) atoms. The summed E-state index contributed by atoms with van der Waals surface area (Å²) in [6, 6.07) is 0. The van der Waals surface area contributed by atoms with E-state index in [1.54, 1.807) is 0 Å². The van der Waals surface area contributed by atoms with Gasteiger partial charge in [0.2, 0.25) is 0 Å². The number of aliphatic carboxylic acids is 1. The van der Waals surface area contributed by atoms with Crippen molar-refractivity contribution in [3.8, 4) is 0 Å². The van der Waals surface area contributed by atoms with Crippen LogP contribution in [0.15, 0.2) is 0 Å². The highest BCUT2D eigenvalue weighted by molar-refractivity contribution is 6.29. The quantitative estimate of drug-likeness (QED) is 0.509. The molecule has 1 heterocycles. The predicted octanol–water partition coefficient (Wildman–Crippen LogP) is 1.87. The normalized spacial score (nSPS) is 15.3. The van der Waals surface area contributed by atoms with Gasteiger partial charge in [0.1, 0.15) is 6.54 Å². The number of unbranched alkanes of at least 4 members (excludes halogenated alkanes) is 5. The molecular weight excluding hydrogens is 206 g/mol. The number of rotatable bonds is 8. The van der Waals surface area contributed by atoms with Crippen molar-refractivity contribution in [1.29, 1.82) is 0 Å². The average molecular weight is 228 g/mol. The topological polar surface area (TPSA) is 49.5 Å². The van der Waals surface area contributed by atoms with Crippen molar-refractivity contribution in [2.75, 3.05) is 19.7 Å². The highest BCUT2D eigenvalue weighted by Crippen LogP contribution is 2.06. The smallest absolute Gasteiger partial charge is 0.450 e. The minimum absolute atomic E-state index is 0.133. The molecule has 0 aromatic carbocycles. The first kappa shape index (κ1) is 13.0. The molecule has 0 saturated heterocycles. The van der Waals surface area contributed by atoms with Crippen LogP contribution in [0.1, 0.15) is 45.4 Å². The summed E-state index contributed by atoms with van der Waals surface area (Å²) in [5.41, 5.74) is 0. The Balaban J connectivity index is 2.17. The van der Waals surface area contributed by atoms with Gasteiger partial charge in [0.05, 0.1) is 0 Å². The van der Waals surface area contributed by atoms with Gasteiger partial charge in [0.25, 0.3) is 0 Å². The van der Waals surface area contributed by atoms with Gasteiger partial charge in [-0.3, -0.25) is 0 Å². The maximum Gasteiger partial charge on any atom is 0.450 e. The summed E-state index contributed by atoms with van der Waals surface area (Å²) in [4.78, 5) is 10.8. The Morgan fingerprint density at radius 2 is 2.00 bits per heavy atom. The third-order valence-corrected chi connectivity index (χ3v) is 2.85. The highest BCUT2D eigenvalue weighted by atomic mass is 16.5. The summed E-state index contributed by atoms with van der Waals surface area (Å²) in [7, 11) is 0. The molecule has 1 aliphatic rings. The van der Waals surface area contributed by atoms with Crippen LogP contribution >= 0.6 is 0 Å². The molecule has 1 N–H and O–H groups in total. The fourth-order valence-electron chi connectivity index (χ4n) is 1.94. The Morgan fingerprint density at radius 1 is 1.31 bits per heavy atom. The van der Waals surface area contributed by atoms with Crippen LogP contribution in [0.2, 0.25) is 0 Å². The van der Waals surface area contributed by atoms with Crippen molar-refractivity contribution >= 4 is 11.9 Å². The maximum atomic E-state index is 10.8. The number of carbonyl (C=O) groups is 1. The monoisotopic (exact) mass is 228 g/mol. The Hall–Kier alpha value is -1.06. The number of hydrogen-bond acceptors (Lipinski definition) is 2. The van der Waals surface area contributed by atoms with Gasteiger partial charge in [-0.25, -0.2) is 4.79 Å².